The Morgan fingerprint density at radius 3 is 2.64 bits per heavy atom. The van der Waals surface area contributed by atoms with Crippen molar-refractivity contribution in [3.05, 3.63) is 21.7 Å². The van der Waals surface area contributed by atoms with Gasteiger partial charge >= 0.3 is 5.82 Å². The van der Waals surface area contributed by atoms with Gasteiger partial charge in [0.15, 0.2) is 5.75 Å². The lowest BCUT2D eigenvalue weighted by Crippen LogP contribution is -2.02. The van der Waals surface area contributed by atoms with Crippen LogP contribution in [0.1, 0.15) is 12.0 Å². The average molecular weight is 205 g/mol. The summed E-state index contributed by atoms with van der Waals surface area (Å²) in [5.41, 5.74) is 4.06. The Balaban J connectivity index is 3.39. The molecule has 6 nitrogen and oxygen atoms in total. The fraction of sp³-hybridized carbons (Fsp3) is 0.167. The Labute approximate surface area is 76.1 Å². The molecule has 8 heteroatoms. The fourth-order valence-corrected chi connectivity index (χ4v) is 0.829. The number of pyridine rings is 1. The Bertz CT molecular complexity index is 383. The topological polar surface area (TPSA) is 102 Å². The van der Waals surface area contributed by atoms with Gasteiger partial charge in [-0.25, -0.2) is 8.78 Å². The third-order valence-electron chi connectivity index (χ3n) is 1.45. The van der Waals surface area contributed by atoms with Gasteiger partial charge < -0.3 is 21.0 Å². The lowest BCUT2D eigenvalue weighted by Gasteiger charge is -2.02. The highest BCUT2D eigenvalue weighted by molar-refractivity contribution is 5.52. The van der Waals surface area contributed by atoms with Crippen LogP contribution in [0.4, 0.5) is 20.4 Å². The molecule has 0 fully saturated rings. The molecular formula is C6H5F2N3O3. The van der Waals surface area contributed by atoms with Crippen molar-refractivity contribution in [2.45, 2.75) is 6.43 Å². The lowest BCUT2D eigenvalue weighted by atomic mass is 10.2. The first-order valence-corrected chi connectivity index (χ1v) is 3.35. The molecule has 14 heavy (non-hydrogen) atoms. The predicted molar refractivity (Wildman–Crippen MR) is 41.9 cm³/mol. The summed E-state index contributed by atoms with van der Waals surface area (Å²) in [4.78, 5) is 12.2. The highest BCUT2D eigenvalue weighted by Crippen LogP contribution is 2.32. The number of aromatic hydroxyl groups is 1. The molecule has 0 aliphatic carbocycles. The Morgan fingerprint density at radius 1 is 1.64 bits per heavy atom. The van der Waals surface area contributed by atoms with Crippen molar-refractivity contribution < 1.29 is 18.8 Å². The second kappa shape index (κ2) is 3.40. The number of nitrogens with zero attached hydrogens (tertiary/aromatic N) is 2. The van der Waals surface area contributed by atoms with Gasteiger partial charge in [-0.05, 0) is 9.91 Å². The number of nitrogens with two attached hydrogens (primary N) is 1. The monoisotopic (exact) mass is 205 g/mol. The normalized spacial score (nSPS) is 10.5. The molecule has 0 unspecified atom stereocenters. The molecule has 0 aliphatic heterocycles. The van der Waals surface area contributed by atoms with E-state index in [4.69, 9.17) is 10.8 Å². The van der Waals surface area contributed by atoms with Gasteiger partial charge in [-0.2, -0.15) is 0 Å². The largest absolute Gasteiger partial charge is 0.503 e. The quantitative estimate of drug-likeness (QED) is 0.558. The van der Waals surface area contributed by atoms with Gasteiger partial charge in [0, 0.05) is 6.07 Å². The molecule has 3 N–H and O–H groups in total. The second-order valence-electron chi connectivity index (χ2n) is 2.36. The number of hydrogen-bond donors (Lipinski definition) is 2. The molecule has 1 aromatic heterocycles. The van der Waals surface area contributed by atoms with E-state index >= 15 is 0 Å². The van der Waals surface area contributed by atoms with Crippen LogP contribution in [0.3, 0.4) is 0 Å². The molecule has 0 spiro atoms. The van der Waals surface area contributed by atoms with Gasteiger partial charge in [-0.1, -0.05) is 0 Å². The van der Waals surface area contributed by atoms with Crippen LogP contribution in [0, 0.1) is 10.1 Å². The minimum Gasteiger partial charge on any atom is -0.503 e. The number of hydrogen-bond acceptors (Lipinski definition) is 5. The van der Waals surface area contributed by atoms with E-state index < -0.39 is 34.3 Å². The maximum Gasteiger partial charge on any atom is 0.375 e. The summed E-state index contributed by atoms with van der Waals surface area (Å²) in [6, 6.07) is 0.533. The molecule has 0 saturated heterocycles. The number of halogens is 2. The van der Waals surface area contributed by atoms with E-state index in [0.29, 0.717) is 6.07 Å². The fourth-order valence-electron chi connectivity index (χ4n) is 0.829. The Kier molecular flexibility index (Phi) is 2.45. The van der Waals surface area contributed by atoms with Gasteiger partial charge in [-0.3, -0.25) is 0 Å². The molecule has 1 aromatic rings. The Hall–Kier alpha value is -1.99. The van der Waals surface area contributed by atoms with Gasteiger partial charge in [-0.15, -0.1) is 0 Å². The summed E-state index contributed by atoms with van der Waals surface area (Å²) in [5, 5.41) is 19.2. The molecule has 0 aromatic carbocycles. The molecule has 0 radical (unpaired) electrons. The van der Waals surface area contributed by atoms with Crippen LogP contribution < -0.4 is 5.73 Å². The highest BCUT2D eigenvalue weighted by atomic mass is 19.3. The van der Waals surface area contributed by atoms with Gasteiger partial charge in [0.1, 0.15) is 5.56 Å². The molecule has 1 heterocycles. The number of anilines is 1. The molecule has 0 atom stereocenters. The molecular weight excluding hydrogens is 200 g/mol. The van der Waals surface area contributed by atoms with Crippen molar-refractivity contribution in [3.63, 3.8) is 0 Å². The summed E-state index contributed by atoms with van der Waals surface area (Å²) in [5.74, 6) is -2.30. The van der Waals surface area contributed by atoms with Crippen molar-refractivity contribution in [2.24, 2.45) is 0 Å². The van der Waals surface area contributed by atoms with Crippen LogP contribution in [-0.2, 0) is 0 Å². The molecule has 0 saturated carbocycles. The summed E-state index contributed by atoms with van der Waals surface area (Å²) >= 11 is 0. The minimum absolute atomic E-state index is 0.533. The van der Waals surface area contributed by atoms with Crippen molar-refractivity contribution in [1.82, 2.24) is 4.98 Å². The maximum absolute atomic E-state index is 12.2. The Morgan fingerprint density at radius 2 is 2.21 bits per heavy atom. The average Bonchev–Trinajstić information content (AvgIpc) is 2.08. The number of rotatable bonds is 2. The van der Waals surface area contributed by atoms with E-state index in [-0.39, 0.29) is 0 Å². The van der Waals surface area contributed by atoms with Crippen molar-refractivity contribution in [1.29, 1.82) is 0 Å². The standard InChI is InChI=1S/C6H5F2N3O3/c7-4(8)2-1-3(12)5(9)10-6(2)11(13)14/h1,4,12H,(H2,9,10). The number of nitro groups is 1. The van der Waals surface area contributed by atoms with Crippen LogP contribution in [0.2, 0.25) is 0 Å². The lowest BCUT2D eigenvalue weighted by molar-refractivity contribution is -0.390. The first-order chi connectivity index (χ1) is 6.43. The van der Waals surface area contributed by atoms with Gasteiger partial charge in [0.25, 0.3) is 12.2 Å². The van der Waals surface area contributed by atoms with Gasteiger partial charge in [0.05, 0.1) is 0 Å². The molecule has 0 amide bonds. The zero-order valence-corrected chi connectivity index (χ0v) is 6.65. The number of aromatic nitrogens is 1. The smallest absolute Gasteiger partial charge is 0.375 e. The predicted octanol–water partition coefficient (Wildman–Crippen LogP) is 1.22. The van der Waals surface area contributed by atoms with Gasteiger partial charge in [0.2, 0.25) is 0 Å². The van der Waals surface area contributed by atoms with E-state index in [1.54, 1.807) is 0 Å². The van der Waals surface area contributed by atoms with E-state index in [2.05, 4.69) is 4.98 Å². The van der Waals surface area contributed by atoms with Crippen LogP contribution in [0.25, 0.3) is 0 Å². The highest BCUT2D eigenvalue weighted by Gasteiger charge is 2.26. The molecule has 0 aliphatic rings. The molecule has 1 rings (SSSR count). The van der Waals surface area contributed by atoms with Crippen molar-refractivity contribution >= 4 is 11.6 Å². The van der Waals surface area contributed by atoms with Crippen LogP contribution in [0.15, 0.2) is 6.07 Å². The third kappa shape index (κ3) is 1.68. The van der Waals surface area contributed by atoms with E-state index in [1.165, 1.54) is 0 Å². The third-order valence-corrected chi connectivity index (χ3v) is 1.45. The van der Waals surface area contributed by atoms with E-state index in [0.717, 1.165) is 0 Å². The van der Waals surface area contributed by atoms with Crippen LogP contribution >= 0.6 is 0 Å². The first kappa shape index (κ1) is 10.1. The van der Waals surface area contributed by atoms with Crippen LogP contribution in [0.5, 0.6) is 5.75 Å². The SMILES string of the molecule is Nc1nc([N+](=O)[O-])c(C(F)F)cc1O. The summed E-state index contributed by atoms with van der Waals surface area (Å²) < 4.78 is 24.4. The molecule has 0 bridgehead atoms. The minimum atomic E-state index is -3.09. The maximum atomic E-state index is 12.2. The summed E-state index contributed by atoms with van der Waals surface area (Å²) in [6.07, 6.45) is -3.09. The number of alkyl halides is 2. The first-order valence-electron chi connectivity index (χ1n) is 3.35. The van der Waals surface area contributed by atoms with Crippen LogP contribution in [-0.4, -0.2) is 15.0 Å². The van der Waals surface area contributed by atoms with E-state index in [1.807, 2.05) is 0 Å². The number of nitrogen functional groups attached to an aromatic ring is 1. The van der Waals surface area contributed by atoms with Crippen molar-refractivity contribution in [2.75, 3.05) is 5.73 Å². The summed E-state index contributed by atoms with van der Waals surface area (Å²) in [6.45, 7) is 0. The zero-order valence-electron chi connectivity index (χ0n) is 6.65. The summed E-state index contributed by atoms with van der Waals surface area (Å²) in [7, 11) is 0. The molecule has 76 valence electrons. The second-order valence-corrected chi connectivity index (χ2v) is 2.36. The van der Waals surface area contributed by atoms with E-state index in [9.17, 15) is 18.9 Å². The zero-order chi connectivity index (χ0) is 10.9. The van der Waals surface area contributed by atoms with Crippen molar-refractivity contribution in [3.8, 4) is 5.75 Å².